The van der Waals surface area contributed by atoms with Crippen molar-refractivity contribution < 1.29 is 9.90 Å². The van der Waals surface area contributed by atoms with E-state index in [2.05, 4.69) is 17.1 Å². The maximum Gasteiger partial charge on any atom is 0.323 e. The summed E-state index contributed by atoms with van der Waals surface area (Å²) in [4.78, 5) is 14.0. The first-order valence-corrected chi connectivity index (χ1v) is 7.77. The highest BCUT2D eigenvalue weighted by Gasteiger charge is 2.46. The molecule has 0 aromatic carbocycles. The summed E-state index contributed by atoms with van der Waals surface area (Å²) in [5, 5.41) is 12.5. The second-order valence-electron chi connectivity index (χ2n) is 6.30. The number of rotatable bonds is 5. The van der Waals surface area contributed by atoms with Crippen LogP contribution in [0.4, 0.5) is 0 Å². The molecule has 0 amide bonds. The fraction of sp³-hybridized carbons (Fsp3) is 0.933. The number of nitrogens with one attached hydrogen (secondary N) is 1. The highest BCUT2D eigenvalue weighted by Crippen LogP contribution is 2.35. The van der Waals surface area contributed by atoms with Crippen molar-refractivity contribution >= 4 is 5.97 Å². The molecule has 1 saturated heterocycles. The lowest BCUT2D eigenvalue weighted by atomic mass is 9.91. The van der Waals surface area contributed by atoms with Gasteiger partial charge >= 0.3 is 5.97 Å². The van der Waals surface area contributed by atoms with E-state index in [9.17, 15) is 9.90 Å². The molecule has 1 aliphatic heterocycles. The van der Waals surface area contributed by atoms with Crippen molar-refractivity contribution in [3.05, 3.63) is 0 Å². The summed E-state index contributed by atoms with van der Waals surface area (Å²) in [5.41, 5.74) is -0.676. The number of carbonyl (C=O) groups is 1. The molecule has 110 valence electrons. The zero-order valence-corrected chi connectivity index (χ0v) is 12.3. The van der Waals surface area contributed by atoms with Crippen LogP contribution in [0.5, 0.6) is 0 Å². The zero-order chi connectivity index (χ0) is 13.9. The lowest BCUT2D eigenvalue weighted by Gasteiger charge is -2.36. The molecule has 2 rings (SSSR count). The zero-order valence-electron chi connectivity index (χ0n) is 12.3. The Morgan fingerprint density at radius 3 is 2.53 bits per heavy atom. The third-order valence-electron chi connectivity index (χ3n) is 5.24. The van der Waals surface area contributed by atoms with E-state index < -0.39 is 11.5 Å². The highest BCUT2D eigenvalue weighted by atomic mass is 16.4. The summed E-state index contributed by atoms with van der Waals surface area (Å²) < 4.78 is 0. The Morgan fingerprint density at radius 1 is 1.37 bits per heavy atom. The van der Waals surface area contributed by atoms with Gasteiger partial charge in [0.25, 0.3) is 0 Å². The Morgan fingerprint density at radius 2 is 2.05 bits per heavy atom. The molecule has 0 bridgehead atoms. The first-order valence-electron chi connectivity index (χ1n) is 7.77. The summed E-state index contributed by atoms with van der Waals surface area (Å²) in [6.45, 7) is 4.58. The molecule has 4 nitrogen and oxygen atoms in total. The van der Waals surface area contributed by atoms with Crippen molar-refractivity contribution in [1.82, 2.24) is 10.2 Å². The normalized spacial score (nSPS) is 33.7. The minimum Gasteiger partial charge on any atom is -0.480 e. The van der Waals surface area contributed by atoms with Crippen LogP contribution < -0.4 is 5.32 Å². The number of carboxylic acid groups (broad SMARTS) is 1. The summed E-state index contributed by atoms with van der Waals surface area (Å²) in [6.07, 6.45) is 7.78. The standard InChI is InChI=1S/C15H28N2O2/c1-3-4-12-6-9-17(10-7-12)13-5-8-15(11-13,16-2)14(18)19/h12-13,16H,3-11H2,1-2H3,(H,18,19). The molecule has 2 fully saturated rings. The van der Waals surface area contributed by atoms with Crippen LogP contribution in [-0.2, 0) is 4.79 Å². The number of aliphatic carboxylic acids is 1. The second kappa shape index (κ2) is 6.23. The van der Waals surface area contributed by atoms with Crippen LogP contribution in [-0.4, -0.2) is 47.7 Å². The molecule has 2 atom stereocenters. The van der Waals surface area contributed by atoms with Crippen LogP contribution >= 0.6 is 0 Å². The molecule has 2 unspecified atom stereocenters. The van der Waals surface area contributed by atoms with E-state index in [4.69, 9.17) is 0 Å². The summed E-state index contributed by atoms with van der Waals surface area (Å²) in [5.74, 6) is 0.217. The van der Waals surface area contributed by atoms with Gasteiger partial charge in [-0.3, -0.25) is 4.79 Å². The number of piperidine rings is 1. The van der Waals surface area contributed by atoms with Gasteiger partial charge in [-0.25, -0.2) is 0 Å². The molecule has 2 aliphatic rings. The third kappa shape index (κ3) is 3.11. The minimum atomic E-state index is -0.682. The van der Waals surface area contributed by atoms with E-state index in [0.717, 1.165) is 38.3 Å². The van der Waals surface area contributed by atoms with Gasteiger partial charge in [0.2, 0.25) is 0 Å². The molecule has 0 aromatic rings. The van der Waals surface area contributed by atoms with Gasteiger partial charge in [0.15, 0.2) is 0 Å². The monoisotopic (exact) mass is 268 g/mol. The molecule has 4 heteroatoms. The van der Waals surface area contributed by atoms with Gasteiger partial charge in [0, 0.05) is 6.04 Å². The van der Waals surface area contributed by atoms with Crippen LogP contribution in [0.3, 0.4) is 0 Å². The van der Waals surface area contributed by atoms with Gasteiger partial charge in [-0.2, -0.15) is 0 Å². The fourth-order valence-electron chi connectivity index (χ4n) is 3.87. The van der Waals surface area contributed by atoms with Crippen molar-refractivity contribution in [3.8, 4) is 0 Å². The molecule has 0 spiro atoms. The predicted molar refractivity (Wildman–Crippen MR) is 76.3 cm³/mol. The second-order valence-corrected chi connectivity index (χ2v) is 6.30. The van der Waals surface area contributed by atoms with Crippen LogP contribution in [0.25, 0.3) is 0 Å². The topological polar surface area (TPSA) is 52.6 Å². The van der Waals surface area contributed by atoms with Crippen LogP contribution in [0.1, 0.15) is 51.9 Å². The number of likely N-dealkylation sites (tertiary alicyclic amines) is 1. The number of carboxylic acids is 1. The summed E-state index contributed by atoms with van der Waals surface area (Å²) in [6, 6.07) is 0.464. The molecule has 19 heavy (non-hydrogen) atoms. The van der Waals surface area contributed by atoms with E-state index in [-0.39, 0.29) is 0 Å². The van der Waals surface area contributed by atoms with E-state index in [1.165, 1.54) is 25.7 Å². The van der Waals surface area contributed by atoms with Gasteiger partial charge in [0.1, 0.15) is 5.54 Å². The van der Waals surface area contributed by atoms with Crippen molar-refractivity contribution in [2.24, 2.45) is 5.92 Å². The predicted octanol–water partition coefficient (Wildman–Crippen LogP) is 2.09. The molecule has 0 radical (unpaired) electrons. The van der Waals surface area contributed by atoms with Gasteiger partial charge in [-0.1, -0.05) is 19.8 Å². The van der Waals surface area contributed by atoms with Crippen molar-refractivity contribution in [2.45, 2.75) is 63.5 Å². The number of hydrogen-bond acceptors (Lipinski definition) is 3. The van der Waals surface area contributed by atoms with Crippen LogP contribution in [0.15, 0.2) is 0 Å². The Labute approximate surface area is 116 Å². The van der Waals surface area contributed by atoms with Crippen molar-refractivity contribution in [2.75, 3.05) is 20.1 Å². The molecule has 2 N–H and O–H groups in total. The Kier molecular flexibility index (Phi) is 4.85. The average molecular weight is 268 g/mol. The lowest BCUT2D eigenvalue weighted by molar-refractivity contribution is -0.144. The number of nitrogens with zero attached hydrogens (tertiary/aromatic N) is 1. The van der Waals surface area contributed by atoms with Gasteiger partial charge < -0.3 is 15.3 Å². The largest absolute Gasteiger partial charge is 0.480 e. The summed E-state index contributed by atoms with van der Waals surface area (Å²) >= 11 is 0. The van der Waals surface area contributed by atoms with E-state index >= 15 is 0 Å². The van der Waals surface area contributed by atoms with E-state index in [1.807, 2.05) is 0 Å². The molecular formula is C15H28N2O2. The molecule has 1 saturated carbocycles. The number of likely N-dealkylation sites (N-methyl/N-ethyl adjacent to an activating group) is 1. The summed E-state index contributed by atoms with van der Waals surface area (Å²) in [7, 11) is 1.78. The maximum atomic E-state index is 11.4. The maximum absolute atomic E-state index is 11.4. The quantitative estimate of drug-likeness (QED) is 0.801. The van der Waals surface area contributed by atoms with Crippen LogP contribution in [0.2, 0.25) is 0 Å². The van der Waals surface area contributed by atoms with Gasteiger partial charge in [0.05, 0.1) is 0 Å². The average Bonchev–Trinajstić information content (AvgIpc) is 2.86. The van der Waals surface area contributed by atoms with Crippen molar-refractivity contribution in [1.29, 1.82) is 0 Å². The Bertz CT molecular complexity index is 313. The van der Waals surface area contributed by atoms with Gasteiger partial charge in [-0.15, -0.1) is 0 Å². The van der Waals surface area contributed by atoms with E-state index in [1.54, 1.807) is 7.05 Å². The lowest BCUT2D eigenvalue weighted by Crippen LogP contribution is -2.50. The number of hydrogen-bond donors (Lipinski definition) is 2. The van der Waals surface area contributed by atoms with E-state index in [0.29, 0.717) is 6.04 Å². The molecule has 0 aromatic heterocycles. The molecule has 1 aliphatic carbocycles. The van der Waals surface area contributed by atoms with Crippen molar-refractivity contribution in [3.63, 3.8) is 0 Å². The van der Waals surface area contributed by atoms with Gasteiger partial charge in [-0.05, 0) is 58.2 Å². The van der Waals surface area contributed by atoms with Crippen LogP contribution in [0, 0.1) is 5.92 Å². The molecule has 1 heterocycles. The Hall–Kier alpha value is -0.610. The highest BCUT2D eigenvalue weighted by molar-refractivity contribution is 5.79. The smallest absolute Gasteiger partial charge is 0.323 e. The first-order chi connectivity index (χ1) is 9.11. The third-order valence-corrected chi connectivity index (χ3v) is 5.24. The minimum absolute atomic E-state index is 0.464. The molecular weight excluding hydrogens is 240 g/mol. The SMILES string of the molecule is CCCC1CCN(C2CCC(NC)(C(=O)O)C2)CC1. The fourth-order valence-corrected chi connectivity index (χ4v) is 3.87. The Balaban J connectivity index is 1.87. The first kappa shape index (κ1) is 14.8.